The van der Waals surface area contributed by atoms with Crippen molar-refractivity contribution in [2.24, 2.45) is 11.1 Å². The van der Waals surface area contributed by atoms with Crippen molar-refractivity contribution in [3.63, 3.8) is 0 Å². The second-order valence-corrected chi connectivity index (χ2v) is 8.35. The number of rotatable bonds is 7. The second-order valence-electron chi connectivity index (χ2n) is 6.59. The second kappa shape index (κ2) is 6.87. The maximum atomic E-state index is 12.4. The van der Waals surface area contributed by atoms with Crippen LogP contribution in [0, 0.1) is 5.41 Å². The lowest BCUT2D eigenvalue weighted by Crippen LogP contribution is -2.39. The first-order valence-corrected chi connectivity index (χ1v) is 8.52. The van der Waals surface area contributed by atoms with Crippen molar-refractivity contribution >= 4 is 10.0 Å². The third kappa shape index (κ3) is 5.74. The van der Waals surface area contributed by atoms with Gasteiger partial charge in [-0.3, -0.25) is 0 Å². The molecule has 1 aromatic rings. The predicted octanol–water partition coefficient (Wildman–Crippen LogP) is 1.57. The van der Waals surface area contributed by atoms with Crippen LogP contribution in [0.5, 0.6) is 0 Å². The van der Waals surface area contributed by atoms with Crippen LogP contribution in [0.25, 0.3) is 0 Å². The zero-order valence-corrected chi connectivity index (χ0v) is 14.4. The molecule has 0 aliphatic rings. The Labute approximate surface area is 128 Å². The van der Waals surface area contributed by atoms with Gasteiger partial charge < -0.3 is 10.6 Å². The molecule has 0 spiro atoms. The van der Waals surface area contributed by atoms with E-state index in [0.29, 0.717) is 6.54 Å². The summed E-state index contributed by atoms with van der Waals surface area (Å²) in [5.74, 6) is 0. The van der Waals surface area contributed by atoms with E-state index in [0.717, 1.165) is 12.1 Å². The summed E-state index contributed by atoms with van der Waals surface area (Å²) < 4.78 is 27.4. The summed E-state index contributed by atoms with van der Waals surface area (Å²) in [6.45, 7) is 7.09. The highest BCUT2D eigenvalue weighted by Gasteiger charge is 2.23. The van der Waals surface area contributed by atoms with Gasteiger partial charge in [-0.1, -0.05) is 26.0 Å². The van der Waals surface area contributed by atoms with Crippen LogP contribution in [0.15, 0.2) is 29.2 Å². The molecule has 1 unspecified atom stereocenters. The van der Waals surface area contributed by atoms with E-state index < -0.39 is 10.0 Å². The Kier molecular flexibility index (Phi) is 5.92. The molecule has 1 atom stereocenters. The molecule has 1 aromatic carbocycles. The number of sulfonamides is 1. The maximum Gasteiger partial charge on any atom is 0.240 e. The molecule has 3 N–H and O–H groups in total. The fraction of sp³-hybridized carbons (Fsp3) is 0.600. The van der Waals surface area contributed by atoms with E-state index in [1.807, 2.05) is 45.8 Å². The fourth-order valence-electron chi connectivity index (χ4n) is 2.25. The van der Waals surface area contributed by atoms with Crippen LogP contribution in [0.3, 0.4) is 0 Å². The normalized spacial score (nSPS) is 14.4. The minimum absolute atomic E-state index is 0.144. The molecule has 0 saturated heterocycles. The van der Waals surface area contributed by atoms with Crippen molar-refractivity contribution in [2.45, 2.75) is 31.7 Å². The number of nitrogens with zero attached hydrogens (tertiary/aromatic N) is 1. The van der Waals surface area contributed by atoms with Gasteiger partial charge in [0.15, 0.2) is 0 Å². The number of benzene rings is 1. The summed E-state index contributed by atoms with van der Waals surface area (Å²) in [7, 11) is 0.440. The Hall–Kier alpha value is -0.950. The molecule has 0 fully saturated rings. The van der Waals surface area contributed by atoms with Crippen molar-refractivity contribution < 1.29 is 8.42 Å². The van der Waals surface area contributed by atoms with Crippen LogP contribution >= 0.6 is 0 Å². The molecule has 5 nitrogen and oxygen atoms in total. The molecule has 21 heavy (non-hydrogen) atoms. The molecule has 0 aliphatic heterocycles. The zero-order chi connectivity index (χ0) is 16.3. The summed E-state index contributed by atoms with van der Waals surface area (Å²) >= 11 is 0. The van der Waals surface area contributed by atoms with Gasteiger partial charge >= 0.3 is 0 Å². The standard InChI is InChI=1S/C15H27N3O2S/c1-12(16)13-7-6-8-14(9-13)21(19,20)17-10-15(2,3)11-18(4)5/h6-9,12,17H,10-11,16H2,1-5H3. The fourth-order valence-corrected chi connectivity index (χ4v) is 3.55. The van der Waals surface area contributed by atoms with Gasteiger partial charge in [-0.15, -0.1) is 0 Å². The molecule has 1 rings (SSSR count). The van der Waals surface area contributed by atoms with Gasteiger partial charge in [0.25, 0.3) is 0 Å². The molecule has 0 aliphatic carbocycles. The van der Waals surface area contributed by atoms with Crippen LogP contribution in [0.2, 0.25) is 0 Å². The molecule has 0 heterocycles. The molecule has 0 bridgehead atoms. The highest BCUT2D eigenvalue weighted by Crippen LogP contribution is 2.18. The van der Waals surface area contributed by atoms with Crippen LogP contribution in [0.4, 0.5) is 0 Å². The van der Waals surface area contributed by atoms with E-state index in [1.165, 1.54) is 0 Å². The average Bonchev–Trinajstić information content (AvgIpc) is 2.35. The van der Waals surface area contributed by atoms with Gasteiger partial charge in [-0.25, -0.2) is 13.1 Å². The van der Waals surface area contributed by atoms with Crippen molar-refractivity contribution in [3.8, 4) is 0 Å². The third-order valence-electron chi connectivity index (χ3n) is 3.18. The first kappa shape index (κ1) is 18.1. The highest BCUT2D eigenvalue weighted by atomic mass is 32.2. The first-order chi connectivity index (χ1) is 9.53. The SMILES string of the molecule is CC(N)c1cccc(S(=O)(=O)NCC(C)(C)CN(C)C)c1. The maximum absolute atomic E-state index is 12.4. The number of nitrogens with one attached hydrogen (secondary N) is 1. The number of hydrogen-bond acceptors (Lipinski definition) is 4. The topological polar surface area (TPSA) is 75.4 Å². The summed E-state index contributed by atoms with van der Waals surface area (Å²) in [5.41, 5.74) is 6.47. The minimum Gasteiger partial charge on any atom is -0.324 e. The lowest BCUT2D eigenvalue weighted by Gasteiger charge is -2.28. The van der Waals surface area contributed by atoms with Crippen LogP contribution in [-0.4, -0.2) is 40.5 Å². The Morgan fingerprint density at radius 3 is 2.48 bits per heavy atom. The largest absolute Gasteiger partial charge is 0.324 e. The monoisotopic (exact) mass is 313 g/mol. The first-order valence-electron chi connectivity index (χ1n) is 7.03. The Morgan fingerprint density at radius 1 is 1.33 bits per heavy atom. The van der Waals surface area contributed by atoms with Gasteiger partial charge in [0.1, 0.15) is 0 Å². The van der Waals surface area contributed by atoms with E-state index in [4.69, 9.17) is 5.73 Å². The van der Waals surface area contributed by atoms with E-state index in [2.05, 4.69) is 4.72 Å². The van der Waals surface area contributed by atoms with Crippen molar-refractivity contribution in [3.05, 3.63) is 29.8 Å². The molecule has 0 aromatic heterocycles. The Morgan fingerprint density at radius 2 is 1.95 bits per heavy atom. The van der Waals surface area contributed by atoms with Gasteiger partial charge in [-0.2, -0.15) is 0 Å². The summed E-state index contributed by atoms with van der Waals surface area (Å²) in [6, 6.07) is 6.59. The summed E-state index contributed by atoms with van der Waals surface area (Å²) in [4.78, 5) is 2.31. The quantitative estimate of drug-likeness (QED) is 0.801. The van der Waals surface area contributed by atoms with Gasteiger partial charge in [0, 0.05) is 19.1 Å². The average molecular weight is 313 g/mol. The highest BCUT2D eigenvalue weighted by molar-refractivity contribution is 7.89. The van der Waals surface area contributed by atoms with Gasteiger partial charge in [0.2, 0.25) is 10.0 Å². The van der Waals surface area contributed by atoms with Gasteiger partial charge in [-0.05, 0) is 44.1 Å². The summed E-state index contributed by atoms with van der Waals surface area (Å²) in [5, 5.41) is 0. The number of hydrogen-bond donors (Lipinski definition) is 2. The van der Waals surface area contributed by atoms with E-state index in [1.54, 1.807) is 18.2 Å². The zero-order valence-electron chi connectivity index (χ0n) is 13.6. The number of nitrogens with two attached hydrogens (primary N) is 1. The van der Waals surface area contributed by atoms with Crippen LogP contribution < -0.4 is 10.5 Å². The van der Waals surface area contributed by atoms with Gasteiger partial charge in [0.05, 0.1) is 4.90 Å². The smallest absolute Gasteiger partial charge is 0.240 e. The molecule has 0 amide bonds. The van der Waals surface area contributed by atoms with E-state index >= 15 is 0 Å². The molecule has 120 valence electrons. The lowest BCUT2D eigenvalue weighted by atomic mass is 9.93. The van der Waals surface area contributed by atoms with E-state index in [9.17, 15) is 8.42 Å². The van der Waals surface area contributed by atoms with Crippen LogP contribution in [0.1, 0.15) is 32.4 Å². The Balaban J connectivity index is 2.85. The van der Waals surface area contributed by atoms with Crippen molar-refractivity contribution in [1.29, 1.82) is 0 Å². The minimum atomic E-state index is -3.51. The molecule has 0 saturated carbocycles. The molecule has 6 heteroatoms. The summed E-state index contributed by atoms with van der Waals surface area (Å²) in [6.07, 6.45) is 0. The Bertz CT molecular complexity index is 566. The lowest BCUT2D eigenvalue weighted by molar-refractivity contribution is 0.242. The molecular formula is C15H27N3O2S. The predicted molar refractivity (Wildman–Crippen MR) is 86.6 cm³/mol. The molecular weight excluding hydrogens is 286 g/mol. The van der Waals surface area contributed by atoms with Crippen LogP contribution in [-0.2, 0) is 10.0 Å². The van der Waals surface area contributed by atoms with Crippen molar-refractivity contribution in [2.75, 3.05) is 27.2 Å². The van der Waals surface area contributed by atoms with Crippen molar-refractivity contribution in [1.82, 2.24) is 9.62 Å². The van der Waals surface area contributed by atoms with E-state index in [-0.39, 0.29) is 16.4 Å². The third-order valence-corrected chi connectivity index (χ3v) is 4.58. The molecule has 0 radical (unpaired) electrons.